The van der Waals surface area contributed by atoms with Gasteiger partial charge in [-0.3, -0.25) is 0 Å². The number of nitrogens with zero attached hydrogens (tertiary/aromatic N) is 4. The molecule has 150 valence electrons. The molecule has 2 amide bonds. The number of benzene rings is 2. The van der Waals surface area contributed by atoms with Gasteiger partial charge in [-0.1, -0.05) is 29.7 Å². The van der Waals surface area contributed by atoms with Crippen molar-refractivity contribution in [2.24, 2.45) is 0 Å². The molecule has 1 aliphatic heterocycles. The van der Waals surface area contributed by atoms with Gasteiger partial charge in [0, 0.05) is 54.6 Å². The molecule has 1 N–H and O–H groups in total. The first-order valence-corrected chi connectivity index (χ1v) is 9.99. The van der Waals surface area contributed by atoms with Crippen molar-refractivity contribution in [1.29, 1.82) is 0 Å². The highest BCUT2D eigenvalue weighted by Crippen LogP contribution is 2.23. The van der Waals surface area contributed by atoms with Crippen LogP contribution < -0.4 is 10.2 Å². The number of carbonyl (C=O) groups is 1. The van der Waals surface area contributed by atoms with Gasteiger partial charge in [0.05, 0.1) is 0 Å². The van der Waals surface area contributed by atoms with E-state index in [4.69, 9.17) is 16.1 Å². The lowest BCUT2D eigenvalue weighted by atomic mass is 10.1. The predicted molar refractivity (Wildman–Crippen MR) is 113 cm³/mol. The normalized spacial score (nSPS) is 14.1. The van der Waals surface area contributed by atoms with E-state index in [1.165, 1.54) is 0 Å². The molecule has 2 aromatic carbocycles. The van der Waals surface area contributed by atoms with Crippen molar-refractivity contribution >= 4 is 29.0 Å². The number of nitrogens with one attached hydrogen (secondary N) is 1. The lowest BCUT2D eigenvalue weighted by Crippen LogP contribution is -2.50. The lowest BCUT2D eigenvalue weighted by molar-refractivity contribution is 0.208. The van der Waals surface area contributed by atoms with Crippen molar-refractivity contribution in [3.8, 4) is 11.4 Å². The van der Waals surface area contributed by atoms with E-state index in [2.05, 4.69) is 32.5 Å². The van der Waals surface area contributed by atoms with Crippen LogP contribution in [0.1, 0.15) is 12.8 Å². The van der Waals surface area contributed by atoms with Crippen molar-refractivity contribution < 1.29 is 9.32 Å². The number of aromatic nitrogens is 2. The zero-order chi connectivity index (χ0) is 20.2. The summed E-state index contributed by atoms with van der Waals surface area (Å²) in [6.45, 7) is 4.82. The van der Waals surface area contributed by atoms with Crippen LogP contribution in [-0.4, -0.2) is 47.3 Å². The average Bonchev–Trinajstić information content (AvgIpc) is 3.23. The Kier molecular flexibility index (Phi) is 5.67. The summed E-state index contributed by atoms with van der Waals surface area (Å²) in [5.41, 5.74) is 2.74. The van der Waals surface area contributed by atoms with Crippen molar-refractivity contribution in [3.05, 3.63) is 59.4 Å². The van der Waals surface area contributed by atoms with Gasteiger partial charge in [-0.15, -0.1) is 0 Å². The maximum absolute atomic E-state index is 12.5. The van der Waals surface area contributed by atoms with E-state index in [1.807, 2.05) is 36.1 Å². The van der Waals surface area contributed by atoms with Gasteiger partial charge in [-0.2, -0.15) is 4.98 Å². The highest BCUT2D eigenvalue weighted by molar-refractivity contribution is 6.30. The molecule has 0 saturated carbocycles. The van der Waals surface area contributed by atoms with E-state index in [1.54, 1.807) is 12.1 Å². The van der Waals surface area contributed by atoms with E-state index < -0.39 is 0 Å². The van der Waals surface area contributed by atoms with E-state index in [-0.39, 0.29) is 6.03 Å². The van der Waals surface area contributed by atoms with Crippen LogP contribution in [-0.2, 0) is 6.42 Å². The molecule has 0 unspecified atom stereocenters. The second-order valence-corrected chi connectivity index (χ2v) is 7.26. The van der Waals surface area contributed by atoms with Crippen molar-refractivity contribution in [2.45, 2.75) is 13.3 Å². The predicted octanol–water partition coefficient (Wildman–Crippen LogP) is 4.31. The van der Waals surface area contributed by atoms with E-state index >= 15 is 0 Å². The van der Waals surface area contributed by atoms with E-state index in [0.717, 1.165) is 30.8 Å². The van der Waals surface area contributed by atoms with Crippen LogP contribution >= 0.6 is 11.6 Å². The third-order valence-electron chi connectivity index (χ3n) is 4.90. The Morgan fingerprint density at radius 1 is 1.14 bits per heavy atom. The van der Waals surface area contributed by atoms with Gasteiger partial charge in [-0.05, 0) is 42.5 Å². The number of piperazine rings is 1. The molecule has 0 radical (unpaired) electrons. The largest absolute Gasteiger partial charge is 0.368 e. The maximum Gasteiger partial charge on any atom is 0.321 e. The highest BCUT2D eigenvalue weighted by Gasteiger charge is 2.21. The minimum atomic E-state index is -0.105. The highest BCUT2D eigenvalue weighted by atomic mass is 35.5. The molecule has 1 aliphatic rings. The van der Waals surface area contributed by atoms with Gasteiger partial charge in [-0.25, -0.2) is 4.79 Å². The third kappa shape index (κ3) is 4.51. The zero-order valence-corrected chi connectivity index (χ0v) is 16.9. The fourth-order valence-electron chi connectivity index (χ4n) is 3.27. The Labute approximate surface area is 174 Å². The van der Waals surface area contributed by atoms with Crippen LogP contribution in [0.15, 0.2) is 53.1 Å². The molecule has 0 spiro atoms. The fraction of sp³-hybridized carbons (Fsp3) is 0.286. The SMILES string of the molecule is CCc1nc(-c2ccc(N3CCN(C(=O)Nc4cccc(Cl)c4)CC3)cc2)no1. The third-order valence-corrected chi connectivity index (χ3v) is 5.14. The number of hydrogen-bond donors (Lipinski definition) is 1. The van der Waals surface area contributed by atoms with Crippen molar-refractivity contribution in [1.82, 2.24) is 15.0 Å². The standard InChI is InChI=1S/C21H22ClN5O2/c1-2-19-24-20(25-29-19)15-6-8-18(9-7-15)26-10-12-27(13-11-26)21(28)23-17-5-3-4-16(22)14-17/h3-9,14H,2,10-13H2,1H3,(H,23,28). The van der Waals surface area contributed by atoms with Gasteiger partial charge in [0.15, 0.2) is 0 Å². The molecular weight excluding hydrogens is 390 g/mol. The molecule has 3 aromatic rings. The number of hydrogen-bond acceptors (Lipinski definition) is 5. The number of anilines is 2. The van der Waals surface area contributed by atoms with Gasteiger partial charge in [0.25, 0.3) is 0 Å². The molecule has 4 rings (SSSR count). The quantitative estimate of drug-likeness (QED) is 0.692. The molecule has 29 heavy (non-hydrogen) atoms. The molecule has 1 fully saturated rings. The Morgan fingerprint density at radius 2 is 1.90 bits per heavy atom. The monoisotopic (exact) mass is 411 g/mol. The summed E-state index contributed by atoms with van der Waals surface area (Å²) in [6.07, 6.45) is 0.722. The van der Waals surface area contributed by atoms with E-state index in [0.29, 0.717) is 35.5 Å². The number of aryl methyl sites for hydroxylation is 1. The molecule has 8 heteroatoms. The minimum absolute atomic E-state index is 0.105. The Bertz CT molecular complexity index is 981. The summed E-state index contributed by atoms with van der Waals surface area (Å²) < 4.78 is 5.18. The minimum Gasteiger partial charge on any atom is -0.368 e. The molecular formula is C21H22ClN5O2. The summed E-state index contributed by atoms with van der Waals surface area (Å²) in [4.78, 5) is 20.9. The summed E-state index contributed by atoms with van der Waals surface area (Å²) in [5.74, 6) is 1.24. The first-order chi connectivity index (χ1) is 14.1. The summed E-state index contributed by atoms with van der Waals surface area (Å²) >= 11 is 5.98. The molecule has 0 aliphatic carbocycles. The fourth-order valence-corrected chi connectivity index (χ4v) is 3.46. The Hall–Kier alpha value is -3.06. The van der Waals surface area contributed by atoms with Gasteiger partial charge in [0.2, 0.25) is 11.7 Å². The smallest absolute Gasteiger partial charge is 0.321 e. The van der Waals surface area contributed by atoms with Crippen molar-refractivity contribution in [2.75, 3.05) is 36.4 Å². The summed E-state index contributed by atoms with van der Waals surface area (Å²) in [7, 11) is 0. The van der Waals surface area contributed by atoms with Gasteiger partial charge >= 0.3 is 6.03 Å². The molecule has 7 nitrogen and oxygen atoms in total. The maximum atomic E-state index is 12.5. The molecule has 0 bridgehead atoms. The topological polar surface area (TPSA) is 74.5 Å². The van der Waals surface area contributed by atoms with Crippen LogP contribution in [0.25, 0.3) is 11.4 Å². The van der Waals surface area contributed by atoms with Crippen LogP contribution in [0, 0.1) is 0 Å². The summed E-state index contributed by atoms with van der Waals surface area (Å²) in [5, 5.41) is 7.51. The second kappa shape index (κ2) is 8.53. The zero-order valence-electron chi connectivity index (χ0n) is 16.1. The van der Waals surface area contributed by atoms with Crippen LogP contribution in [0.3, 0.4) is 0 Å². The lowest BCUT2D eigenvalue weighted by Gasteiger charge is -2.36. The first kappa shape index (κ1) is 19.3. The molecule has 1 aromatic heterocycles. The van der Waals surface area contributed by atoms with Crippen LogP contribution in [0.2, 0.25) is 5.02 Å². The number of rotatable bonds is 4. The van der Waals surface area contributed by atoms with Gasteiger partial charge in [0.1, 0.15) is 0 Å². The molecule has 1 saturated heterocycles. The average molecular weight is 412 g/mol. The molecule has 0 atom stereocenters. The second-order valence-electron chi connectivity index (χ2n) is 6.83. The van der Waals surface area contributed by atoms with Crippen LogP contribution in [0.5, 0.6) is 0 Å². The van der Waals surface area contributed by atoms with Gasteiger partial charge < -0.3 is 19.6 Å². The molecule has 2 heterocycles. The van der Waals surface area contributed by atoms with E-state index in [9.17, 15) is 4.79 Å². The number of amides is 2. The Balaban J connectivity index is 1.33. The van der Waals surface area contributed by atoms with Crippen LogP contribution in [0.4, 0.5) is 16.2 Å². The number of halogens is 1. The number of urea groups is 1. The number of carbonyl (C=O) groups excluding carboxylic acids is 1. The first-order valence-electron chi connectivity index (χ1n) is 9.62. The Morgan fingerprint density at radius 3 is 2.55 bits per heavy atom. The summed E-state index contributed by atoms with van der Waals surface area (Å²) in [6, 6.07) is 15.2. The van der Waals surface area contributed by atoms with Crippen molar-refractivity contribution in [3.63, 3.8) is 0 Å².